The second kappa shape index (κ2) is 8.62. The number of nitrogens with zero attached hydrogens (tertiary/aromatic N) is 2. The first-order chi connectivity index (χ1) is 14.6. The number of H-pyrrole nitrogens is 2. The maximum absolute atomic E-state index is 12.5. The van der Waals surface area contributed by atoms with Crippen LogP contribution in [0.5, 0.6) is 5.88 Å². The highest BCUT2D eigenvalue weighted by Gasteiger charge is 2.22. The summed E-state index contributed by atoms with van der Waals surface area (Å²) in [5, 5.41) is 9.62. The number of carbonyl (C=O) groups is 1. The average molecular weight is 402 g/mol. The van der Waals surface area contributed by atoms with Gasteiger partial charge in [0.15, 0.2) is 0 Å². The SMILES string of the molecule is O=C(Cc1[nH]c(=O)[nH]c1O)N1CCN(c2ccc(C#Cc3ccccc3)cc2)CC1. The highest BCUT2D eigenvalue weighted by atomic mass is 16.3. The molecule has 1 aliphatic heterocycles. The van der Waals surface area contributed by atoms with Crippen LogP contribution in [0.3, 0.4) is 0 Å². The number of aromatic nitrogens is 2. The lowest BCUT2D eigenvalue weighted by atomic mass is 10.1. The molecule has 7 heteroatoms. The molecule has 1 aromatic heterocycles. The van der Waals surface area contributed by atoms with E-state index in [1.54, 1.807) is 4.90 Å². The van der Waals surface area contributed by atoms with Gasteiger partial charge in [0.05, 0.1) is 12.1 Å². The topological polar surface area (TPSA) is 92.4 Å². The van der Waals surface area contributed by atoms with Gasteiger partial charge in [-0.05, 0) is 36.4 Å². The smallest absolute Gasteiger partial charge is 0.325 e. The number of rotatable bonds is 3. The summed E-state index contributed by atoms with van der Waals surface area (Å²) in [6, 6.07) is 18.0. The van der Waals surface area contributed by atoms with Crippen molar-refractivity contribution in [2.45, 2.75) is 6.42 Å². The normalized spacial score (nSPS) is 13.6. The number of carbonyl (C=O) groups excluding carboxylic acids is 1. The van der Waals surface area contributed by atoms with E-state index in [-0.39, 0.29) is 23.9 Å². The molecule has 2 heterocycles. The Morgan fingerprint density at radius 2 is 1.53 bits per heavy atom. The molecule has 0 atom stereocenters. The summed E-state index contributed by atoms with van der Waals surface area (Å²) in [4.78, 5) is 32.3. The van der Waals surface area contributed by atoms with Gasteiger partial charge in [-0.2, -0.15) is 0 Å². The van der Waals surface area contributed by atoms with Crippen LogP contribution in [0.25, 0.3) is 0 Å². The Morgan fingerprint density at radius 1 is 0.900 bits per heavy atom. The maximum atomic E-state index is 12.5. The van der Waals surface area contributed by atoms with Crippen molar-refractivity contribution in [3.05, 3.63) is 81.9 Å². The number of hydrogen-bond donors (Lipinski definition) is 3. The van der Waals surface area contributed by atoms with Crippen LogP contribution in [0.4, 0.5) is 5.69 Å². The molecule has 3 N–H and O–H groups in total. The van der Waals surface area contributed by atoms with Crippen LogP contribution < -0.4 is 10.6 Å². The zero-order valence-electron chi connectivity index (χ0n) is 16.4. The Hall–Kier alpha value is -3.92. The largest absolute Gasteiger partial charge is 0.493 e. The highest BCUT2D eigenvalue weighted by Crippen LogP contribution is 2.18. The summed E-state index contributed by atoms with van der Waals surface area (Å²) in [7, 11) is 0. The minimum atomic E-state index is -0.517. The first-order valence-electron chi connectivity index (χ1n) is 9.78. The van der Waals surface area contributed by atoms with Crippen molar-refractivity contribution in [2.75, 3.05) is 31.1 Å². The van der Waals surface area contributed by atoms with E-state index in [9.17, 15) is 14.7 Å². The molecule has 0 bridgehead atoms. The van der Waals surface area contributed by atoms with E-state index in [1.165, 1.54) is 0 Å². The average Bonchev–Trinajstić information content (AvgIpc) is 3.10. The molecule has 0 aliphatic carbocycles. The summed E-state index contributed by atoms with van der Waals surface area (Å²) in [5.41, 5.74) is 2.74. The van der Waals surface area contributed by atoms with Crippen molar-refractivity contribution in [1.29, 1.82) is 0 Å². The molecule has 0 spiro atoms. The molecular weight excluding hydrogens is 380 g/mol. The molecule has 0 unspecified atom stereocenters. The Balaban J connectivity index is 1.33. The molecule has 1 saturated heterocycles. The van der Waals surface area contributed by atoms with Crippen molar-refractivity contribution < 1.29 is 9.90 Å². The van der Waals surface area contributed by atoms with E-state index in [1.807, 2.05) is 42.5 Å². The van der Waals surface area contributed by atoms with E-state index in [0.29, 0.717) is 13.1 Å². The number of aromatic amines is 2. The second-order valence-electron chi connectivity index (χ2n) is 7.11. The molecule has 2 aromatic carbocycles. The lowest BCUT2D eigenvalue weighted by molar-refractivity contribution is -0.130. The number of hydrogen-bond acceptors (Lipinski definition) is 4. The van der Waals surface area contributed by atoms with E-state index >= 15 is 0 Å². The summed E-state index contributed by atoms with van der Waals surface area (Å²) in [5.74, 6) is 5.93. The third kappa shape index (κ3) is 4.55. The van der Waals surface area contributed by atoms with Crippen molar-refractivity contribution in [3.8, 4) is 17.7 Å². The second-order valence-corrected chi connectivity index (χ2v) is 7.11. The van der Waals surface area contributed by atoms with Gasteiger partial charge in [-0.1, -0.05) is 30.0 Å². The summed E-state index contributed by atoms with van der Waals surface area (Å²) in [6.45, 7) is 2.61. The molecule has 1 fully saturated rings. The quantitative estimate of drug-likeness (QED) is 0.582. The van der Waals surface area contributed by atoms with Crippen molar-refractivity contribution in [1.82, 2.24) is 14.9 Å². The molecule has 4 rings (SSSR count). The Labute approximate surface area is 174 Å². The van der Waals surface area contributed by atoms with E-state index in [2.05, 4.69) is 38.8 Å². The fraction of sp³-hybridized carbons (Fsp3) is 0.217. The predicted molar refractivity (Wildman–Crippen MR) is 114 cm³/mol. The van der Waals surface area contributed by atoms with Crippen LogP contribution >= 0.6 is 0 Å². The number of aromatic hydroxyl groups is 1. The molecule has 1 amide bonds. The predicted octanol–water partition coefficient (Wildman–Crippen LogP) is 1.70. The fourth-order valence-corrected chi connectivity index (χ4v) is 3.44. The van der Waals surface area contributed by atoms with Crippen LogP contribution in [-0.2, 0) is 11.2 Å². The van der Waals surface area contributed by atoms with E-state index < -0.39 is 5.69 Å². The summed E-state index contributed by atoms with van der Waals surface area (Å²) in [6.07, 6.45) is -0.0284. The number of anilines is 1. The zero-order valence-corrected chi connectivity index (χ0v) is 16.4. The van der Waals surface area contributed by atoms with Crippen molar-refractivity contribution in [3.63, 3.8) is 0 Å². The third-order valence-corrected chi connectivity index (χ3v) is 5.10. The Bertz CT molecular complexity index is 1130. The first kappa shape index (κ1) is 19.4. The lowest BCUT2D eigenvalue weighted by Gasteiger charge is -2.36. The molecule has 0 radical (unpaired) electrons. The van der Waals surface area contributed by atoms with Gasteiger partial charge in [0, 0.05) is 43.0 Å². The van der Waals surface area contributed by atoms with E-state index in [4.69, 9.17) is 0 Å². The number of amides is 1. The third-order valence-electron chi connectivity index (χ3n) is 5.10. The maximum Gasteiger partial charge on any atom is 0.325 e. The van der Waals surface area contributed by atoms with Crippen LogP contribution in [0, 0.1) is 11.8 Å². The van der Waals surface area contributed by atoms with Crippen LogP contribution in [0.1, 0.15) is 16.8 Å². The highest BCUT2D eigenvalue weighted by molar-refractivity contribution is 5.79. The van der Waals surface area contributed by atoms with Crippen LogP contribution in [-0.4, -0.2) is 52.1 Å². The molecular formula is C23H22N4O3. The van der Waals surface area contributed by atoms with Gasteiger partial charge in [0.2, 0.25) is 11.8 Å². The minimum absolute atomic E-state index is 0.0284. The standard InChI is InChI=1S/C23H22N4O3/c28-21(16-20-22(29)25-23(30)24-20)27-14-12-26(13-15-27)19-10-8-18(9-11-19)7-6-17-4-2-1-3-5-17/h1-5,8-11,29H,12-16H2,(H2,24,25,30). The molecule has 152 valence electrons. The summed E-state index contributed by atoms with van der Waals surface area (Å²) >= 11 is 0. The van der Waals surface area contributed by atoms with Gasteiger partial charge in [-0.15, -0.1) is 0 Å². The van der Waals surface area contributed by atoms with Crippen LogP contribution in [0.2, 0.25) is 0 Å². The van der Waals surface area contributed by atoms with Gasteiger partial charge < -0.3 is 19.9 Å². The first-order valence-corrected chi connectivity index (χ1v) is 9.78. The van der Waals surface area contributed by atoms with Gasteiger partial charge in [0.1, 0.15) is 0 Å². The fourth-order valence-electron chi connectivity index (χ4n) is 3.44. The number of piperazine rings is 1. The minimum Gasteiger partial charge on any atom is -0.493 e. The van der Waals surface area contributed by atoms with Gasteiger partial charge >= 0.3 is 5.69 Å². The zero-order chi connectivity index (χ0) is 20.9. The molecule has 7 nitrogen and oxygen atoms in total. The molecule has 1 aliphatic rings. The molecule has 0 saturated carbocycles. The monoisotopic (exact) mass is 402 g/mol. The van der Waals surface area contributed by atoms with E-state index in [0.717, 1.165) is 29.9 Å². The summed E-state index contributed by atoms with van der Waals surface area (Å²) < 4.78 is 0. The number of benzene rings is 2. The van der Waals surface area contributed by atoms with Gasteiger partial charge in [-0.3, -0.25) is 9.78 Å². The van der Waals surface area contributed by atoms with Crippen molar-refractivity contribution >= 4 is 11.6 Å². The van der Waals surface area contributed by atoms with Gasteiger partial charge in [-0.25, -0.2) is 4.79 Å². The lowest BCUT2D eigenvalue weighted by Crippen LogP contribution is -2.49. The number of imidazole rings is 1. The van der Waals surface area contributed by atoms with Crippen LogP contribution in [0.15, 0.2) is 59.4 Å². The Kier molecular flexibility index (Phi) is 5.57. The molecule has 3 aromatic rings. The Morgan fingerprint density at radius 3 is 2.13 bits per heavy atom. The molecule has 30 heavy (non-hydrogen) atoms. The number of nitrogens with one attached hydrogen (secondary N) is 2. The van der Waals surface area contributed by atoms with Crippen molar-refractivity contribution in [2.24, 2.45) is 0 Å². The van der Waals surface area contributed by atoms with Gasteiger partial charge in [0.25, 0.3) is 0 Å².